The highest BCUT2D eigenvalue weighted by Gasteiger charge is 2.46. The van der Waals surface area contributed by atoms with E-state index in [9.17, 15) is 27.9 Å². The topological polar surface area (TPSA) is 78.4 Å². The Labute approximate surface area is 159 Å². The maximum absolute atomic E-state index is 12.8. The standard InChI is InChI=1S/C20H19F3N2O3/c21-20(22,23)16-11-10-15(18(27)24-16)19(28)25-17(12-4-2-1-3-5-12)13-6-8-14(26)9-7-13/h1-9,15-17,26H,10-11H2,(H,24,27)(H,25,28). The molecule has 3 unspecified atom stereocenters. The summed E-state index contributed by atoms with van der Waals surface area (Å²) in [6.45, 7) is 0. The zero-order valence-corrected chi connectivity index (χ0v) is 14.7. The van der Waals surface area contributed by atoms with Gasteiger partial charge in [0.15, 0.2) is 0 Å². The molecule has 28 heavy (non-hydrogen) atoms. The SMILES string of the molecule is O=C(NC(c1ccccc1)c1ccc(O)cc1)C1CCC(C(F)(F)F)NC1=O. The van der Waals surface area contributed by atoms with Crippen molar-refractivity contribution in [1.82, 2.24) is 10.6 Å². The van der Waals surface area contributed by atoms with Crippen LogP contribution in [-0.4, -0.2) is 29.1 Å². The molecule has 0 bridgehead atoms. The molecule has 0 aliphatic carbocycles. The van der Waals surface area contributed by atoms with E-state index in [1.54, 1.807) is 36.4 Å². The second kappa shape index (κ2) is 7.92. The molecule has 3 N–H and O–H groups in total. The van der Waals surface area contributed by atoms with Crippen molar-refractivity contribution >= 4 is 11.8 Å². The second-order valence-electron chi connectivity index (χ2n) is 6.68. The van der Waals surface area contributed by atoms with E-state index in [0.29, 0.717) is 5.56 Å². The van der Waals surface area contributed by atoms with E-state index in [-0.39, 0.29) is 18.6 Å². The maximum atomic E-state index is 12.8. The molecule has 3 rings (SSSR count). The molecule has 1 fully saturated rings. The quantitative estimate of drug-likeness (QED) is 0.700. The Hall–Kier alpha value is -3.03. The summed E-state index contributed by atoms with van der Waals surface area (Å²) in [5.41, 5.74) is 1.41. The smallest absolute Gasteiger partial charge is 0.408 e. The lowest BCUT2D eigenvalue weighted by Gasteiger charge is -2.31. The normalized spacial score (nSPS) is 20.9. The number of benzene rings is 2. The number of piperidine rings is 1. The lowest BCUT2D eigenvalue weighted by molar-refractivity contribution is -0.171. The average molecular weight is 392 g/mol. The van der Waals surface area contributed by atoms with Gasteiger partial charge >= 0.3 is 6.18 Å². The van der Waals surface area contributed by atoms with Crippen molar-refractivity contribution in [1.29, 1.82) is 0 Å². The van der Waals surface area contributed by atoms with Gasteiger partial charge in [0.25, 0.3) is 0 Å². The number of phenolic OH excluding ortho intramolecular Hbond substituents is 1. The van der Waals surface area contributed by atoms with E-state index in [1.165, 1.54) is 12.1 Å². The van der Waals surface area contributed by atoms with Crippen LogP contribution in [-0.2, 0) is 9.59 Å². The van der Waals surface area contributed by atoms with Gasteiger partial charge in [0.2, 0.25) is 11.8 Å². The van der Waals surface area contributed by atoms with Crippen LogP contribution in [0.15, 0.2) is 54.6 Å². The van der Waals surface area contributed by atoms with E-state index >= 15 is 0 Å². The van der Waals surface area contributed by atoms with Gasteiger partial charge in [0, 0.05) is 0 Å². The number of alkyl halides is 3. The predicted octanol–water partition coefficient (Wildman–Crippen LogP) is 3.05. The number of rotatable bonds is 4. The van der Waals surface area contributed by atoms with Crippen molar-refractivity contribution < 1.29 is 27.9 Å². The van der Waals surface area contributed by atoms with Crippen molar-refractivity contribution in [2.45, 2.75) is 31.1 Å². The van der Waals surface area contributed by atoms with E-state index in [4.69, 9.17) is 0 Å². The van der Waals surface area contributed by atoms with Crippen molar-refractivity contribution in [2.24, 2.45) is 5.92 Å². The molecule has 8 heteroatoms. The molecule has 3 atom stereocenters. The molecule has 0 spiro atoms. The maximum Gasteiger partial charge on any atom is 0.408 e. The van der Waals surface area contributed by atoms with Gasteiger partial charge in [0.1, 0.15) is 17.7 Å². The van der Waals surface area contributed by atoms with E-state index in [0.717, 1.165) is 5.56 Å². The molecule has 1 aliphatic heterocycles. The summed E-state index contributed by atoms with van der Waals surface area (Å²) in [4.78, 5) is 24.8. The van der Waals surface area contributed by atoms with E-state index in [1.807, 2.05) is 11.4 Å². The fourth-order valence-corrected chi connectivity index (χ4v) is 3.22. The minimum atomic E-state index is -4.53. The Morgan fingerprint density at radius 1 is 1.04 bits per heavy atom. The van der Waals surface area contributed by atoms with E-state index < -0.39 is 36.0 Å². The molecule has 1 aliphatic rings. The molecular formula is C20H19F3N2O3. The summed E-state index contributed by atoms with van der Waals surface area (Å²) in [6, 6.07) is 12.6. The third kappa shape index (κ3) is 4.44. The fourth-order valence-electron chi connectivity index (χ4n) is 3.22. The third-order valence-corrected chi connectivity index (χ3v) is 4.73. The molecule has 5 nitrogen and oxygen atoms in total. The average Bonchev–Trinajstić information content (AvgIpc) is 2.66. The minimum absolute atomic E-state index is 0.0618. The van der Waals surface area contributed by atoms with Crippen molar-refractivity contribution in [3.8, 4) is 5.75 Å². The molecule has 148 valence electrons. The lowest BCUT2D eigenvalue weighted by atomic mass is 9.91. The number of nitrogens with one attached hydrogen (secondary N) is 2. The predicted molar refractivity (Wildman–Crippen MR) is 95.2 cm³/mol. The summed E-state index contributed by atoms with van der Waals surface area (Å²) in [5, 5.41) is 14.1. The van der Waals surface area contributed by atoms with Crippen molar-refractivity contribution in [3.05, 3.63) is 65.7 Å². The summed E-state index contributed by atoms with van der Waals surface area (Å²) in [7, 11) is 0. The Kier molecular flexibility index (Phi) is 5.58. The van der Waals surface area contributed by atoms with Gasteiger partial charge in [-0.15, -0.1) is 0 Å². The zero-order valence-electron chi connectivity index (χ0n) is 14.7. The molecular weight excluding hydrogens is 373 g/mol. The zero-order chi connectivity index (χ0) is 20.3. The number of halogens is 3. The van der Waals surface area contributed by atoms with Gasteiger partial charge in [-0.05, 0) is 36.1 Å². The Bertz CT molecular complexity index is 838. The number of amides is 2. The van der Waals surface area contributed by atoms with Gasteiger partial charge in [0.05, 0.1) is 6.04 Å². The number of phenols is 1. The highest BCUT2D eigenvalue weighted by Crippen LogP contribution is 2.30. The van der Waals surface area contributed by atoms with Crippen LogP contribution in [0.2, 0.25) is 0 Å². The van der Waals surface area contributed by atoms with Crippen molar-refractivity contribution in [3.63, 3.8) is 0 Å². The molecule has 1 heterocycles. The first-order valence-electron chi connectivity index (χ1n) is 8.77. The lowest BCUT2D eigenvalue weighted by Crippen LogP contribution is -2.54. The molecule has 0 saturated carbocycles. The number of carbonyl (C=O) groups excluding carboxylic acids is 2. The minimum Gasteiger partial charge on any atom is -0.508 e. The second-order valence-corrected chi connectivity index (χ2v) is 6.68. The third-order valence-electron chi connectivity index (χ3n) is 4.73. The fraction of sp³-hybridized carbons (Fsp3) is 0.300. The largest absolute Gasteiger partial charge is 0.508 e. The number of carbonyl (C=O) groups is 2. The number of hydrogen-bond acceptors (Lipinski definition) is 3. The summed E-state index contributed by atoms with van der Waals surface area (Å²) < 4.78 is 38.4. The highest BCUT2D eigenvalue weighted by atomic mass is 19.4. The van der Waals surface area contributed by atoms with Crippen LogP contribution in [0.1, 0.15) is 30.0 Å². The van der Waals surface area contributed by atoms with Gasteiger partial charge in [-0.2, -0.15) is 13.2 Å². The molecule has 2 aromatic carbocycles. The van der Waals surface area contributed by atoms with E-state index in [2.05, 4.69) is 5.32 Å². The van der Waals surface area contributed by atoms with Crippen LogP contribution in [0.4, 0.5) is 13.2 Å². The van der Waals surface area contributed by atoms with Crippen LogP contribution < -0.4 is 10.6 Å². The molecule has 2 aromatic rings. The van der Waals surface area contributed by atoms with Gasteiger partial charge in [-0.3, -0.25) is 9.59 Å². The highest BCUT2D eigenvalue weighted by molar-refractivity contribution is 6.01. The first-order valence-corrected chi connectivity index (χ1v) is 8.77. The first kappa shape index (κ1) is 19.7. The summed E-state index contributed by atoms with van der Waals surface area (Å²) in [6.07, 6.45) is -5.06. The first-order chi connectivity index (χ1) is 13.3. The van der Waals surface area contributed by atoms with Crippen LogP contribution in [0.3, 0.4) is 0 Å². The van der Waals surface area contributed by atoms with Crippen LogP contribution in [0.25, 0.3) is 0 Å². The van der Waals surface area contributed by atoms with Crippen LogP contribution in [0, 0.1) is 5.92 Å². The summed E-state index contributed by atoms with van der Waals surface area (Å²) in [5.74, 6) is -2.70. The van der Waals surface area contributed by atoms with Crippen LogP contribution >= 0.6 is 0 Å². The van der Waals surface area contributed by atoms with Gasteiger partial charge in [-0.1, -0.05) is 42.5 Å². The van der Waals surface area contributed by atoms with Gasteiger partial charge in [-0.25, -0.2) is 0 Å². The number of aromatic hydroxyl groups is 1. The Balaban J connectivity index is 1.79. The molecule has 0 radical (unpaired) electrons. The van der Waals surface area contributed by atoms with Crippen LogP contribution in [0.5, 0.6) is 5.75 Å². The Morgan fingerprint density at radius 2 is 1.64 bits per heavy atom. The Morgan fingerprint density at radius 3 is 2.21 bits per heavy atom. The van der Waals surface area contributed by atoms with Crippen molar-refractivity contribution in [2.75, 3.05) is 0 Å². The monoisotopic (exact) mass is 392 g/mol. The molecule has 0 aromatic heterocycles. The summed E-state index contributed by atoms with van der Waals surface area (Å²) >= 11 is 0. The number of hydrogen-bond donors (Lipinski definition) is 3. The molecule has 1 saturated heterocycles. The molecule has 2 amide bonds. The van der Waals surface area contributed by atoms with Gasteiger partial charge < -0.3 is 15.7 Å².